The smallest absolute Gasteiger partial charge is 0.395 e. The molecule has 1 aromatic heterocycles. The minimum atomic E-state index is -4.35. The van der Waals surface area contributed by atoms with Crippen molar-refractivity contribution in [3.8, 4) is 0 Å². The van der Waals surface area contributed by atoms with Crippen molar-refractivity contribution < 1.29 is 23.4 Å². The van der Waals surface area contributed by atoms with E-state index in [0.717, 1.165) is 23.7 Å². The Morgan fingerprint density at radius 2 is 1.71 bits per heavy atom. The fourth-order valence-corrected chi connectivity index (χ4v) is 2.65. The van der Waals surface area contributed by atoms with Gasteiger partial charge in [0, 0.05) is 31.2 Å². The lowest BCUT2D eigenvalue weighted by Crippen LogP contribution is -2.29. The number of aliphatic hydroxyl groups is 2. The third-order valence-corrected chi connectivity index (χ3v) is 3.93. The Hall–Kier alpha value is -1.91. The van der Waals surface area contributed by atoms with Crippen molar-refractivity contribution >= 4 is 22.6 Å². The van der Waals surface area contributed by atoms with Crippen molar-refractivity contribution in [2.24, 2.45) is 0 Å². The lowest BCUT2D eigenvalue weighted by atomic mass is 10.1. The van der Waals surface area contributed by atoms with Gasteiger partial charge in [0.25, 0.3) is 0 Å². The fraction of sp³-hybridized carbons (Fsp3) is 0.429. The molecule has 2 rings (SSSR count). The molecule has 0 spiro atoms. The van der Waals surface area contributed by atoms with Crippen LogP contribution in [0, 0.1) is 0 Å². The van der Waals surface area contributed by atoms with Crippen molar-refractivity contribution in [2.45, 2.75) is 12.7 Å². The number of aromatic nitrogens is 2. The van der Waals surface area contributed by atoms with E-state index in [1.807, 2.05) is 0 Å². The molecular formula is C14H17F3N4O2S. The third kappa shape index (κ3) is 5.05. The van der Waals surface area contributed by atoms with Gasteiger partial charge in [-0.3, -0.25) is 0 Å². The van der Waals surface area contributed by atoms with E-state index < -0.39 is 11.7 Å². The van der Waals surface area contributed by atoms with Gasteiger partial charge in [-0.25, -0.2) is 0 Å². The predicted octanol–water partition coefficient (Wildman–Crippen LogP) is 1.96. The van der Waals surface area contributed by atoms with Crippen LogP contribution in [-0.2, 0) is 12.7 Å². The molecule has 1 aromatic carbocycles. The van der Waals surface area contributed by atoms with E-state index in [0.29, 0.717) is 29.7 Å². The number of aliphatic hydroxyl groups excluding tert-OH is 2. The van der Waals surface area contributed by atoms with Crippen molar-refractivity contribution in [3.63, 3.8) is 0 Å². The summed E-state index contributed by atoms with van der Waals surface area (Å²) in [5, 5.41) is 21.5. The molecule has 132 valence electrons. The molecule has 0 aliphatic rings. The zero-order valence-corrected chi connectivity index (χ0v) is 13.4. The van der Waals surface area contributed by atoms with E-state index in [2.05, 4.69) is 14.7 Å². The summed E-state index contributed by atoms with van der Waals surface area (Å²) in [6, 6.07) is 4.85. The molecule has 2 aromatic rings. The molecule has 1 heterocycles. The zero-order chi connectivity index (χ0) is 17.6. The van der Waals surface area contributed by atoms with Gasteiger partial charge in [0.15, 0.2) is 0 Å². The first-order valence-electron chi connectivity index (χ1n) is 7.14. The monoisotopic (exact) mass is 362 g/mol. The Bertz CT molecular complexity index is 628. The maximum absolute atomic E-state index is 12.5. The van der Waals surface area contributed by atoms with Crippen LogP contribution in [0.15, 0.2) is 24.3 Å². The SMILES string of the molecule is OCCN(CCO)c1nc(NCc2ccc(C(F)(F)F)cc2)ns1. The number of benzene rings is 1. The van der Waals surface area contributed by atoms with Gasteiger partial charge in [-0.1, -0.05) is 12.1 Å². The van der Waals surface area contributed by atoms with Gasteiger partial charge < -0.3 is 20.4 Å². The Balaban J connectivity index is 1.95. The molecule has 0 saturated carbocycles. The summed E-state index contributed by atoms with van der Waals surface area (Å²) in [5.41, 5.74) is -0.0223. The summed E-state index contributed by atoms with van der Waals surface area (Å²) in [6.07, 6.45) is -4.35. The second kappa shape index (κ2) is 8.27. The second-order valence-corrected chi connectivity index (χ2v) is 5.61. The van der Waals surface area contributed by atoms with Crippen LogP contribution in [0.5, 0.6) is 0 Å². The molecule has 0 unspecified atom stereocenters. The molecule has 0 radical (unpaired) electrons. The quantitative estimate of drug-likeness (QED) is 0.666. The molecule has 0 amide bonds. The van der Waals surface area contributed by atoms with Crippen molar-refractivity contribution in [2.75, 3.05) is 36.5 Å². The summed E-state index contributed by atoms with van der Waals surface area (Å²) >= 11 is 1.11. The molecule has 0 saturated heterocycles. The molecule has 6 nitrogen and oxygen atoms in total. The van der Waals surface area contributed by atoms with Gasteiger partial charge in [0.1, 0.15) is 0 Å². The zero-order valence-electron chi connectivity index (χ0n) is 12.6. The average molecular weight is 362 g/mol. The van der Waals surface area contributed by atoms with E-state index in [9.17, 15) is 13.2 Å². The number of alkyl halides is 3. The van der Waals surface area contributed by atoms with Gasteiger partial charge in [0.2, 0.25) is 11.1 Å². The molecule has 0 aliphatic carbocycles. The number of anilines is 2. The number of rotatable bonds is 8. The van der Waals surface area contributed by atoms with Crippen LogP contribution in [0.1, 0.15) is 11.1 Å². The molecule has 24 heavy (non-hydrogen) atoms. The summed E-state index contributed by atoms with van der Waals surface area (Å²) in [5.74, 6) is 0.343. The lowest BCUT2D eigenvalue weighted by Gasteiger charge is -2.18. The predicted molar refractivity (Wildman–Crippen MR) is 85.1 cm³/mol. The van der Waals surface area contributed by atoms with Crippen LogP contribution in [0.4, 0.5) is 24.3 Å². The average Bonchev–Trinajstić information content (AvgIpc) is 3.01. The maximum Gasteiger partial charge on any atom is 0.416 e. The van der Waals surface area contributed by atoms with E-state index in [1.54, 1.807) is 4.90 Å². The molecule has 10 heteroatoms. The highest BCUT2D eigenvalue weighted by molar-refractivity contribution is 7.09. The van der Waals surface area contributed by atoms with Gasteiger partial charge in [-0.15, -0.1) is 0 Å². The summed E-state index contributed by atoms with van der Waals surface area (Å²) in [6.45, 7) is 0.790. The third-order valence-electron chi connectivity index (χ3n) is 3.16. The largest absolute Gasteiger partial charge is 0.416 e. The standard InChI is InChI=1S/C14H17F3N4O2S/c15-14(16,17)11-3-1-10(2-4-11)9-18-12-19-13(24-20-12)21(5-7-22)6-8-23/h1-4,22-23H,5-9H2,(H,18,20). The van der Waals surface area contributed by atoms with Crippen molar-refractivity contribution in [1.82, 2.24) is 9.36 Å². The highest BCUT2D eigenvalue weighted by Gasteiger charge is 2.29. The number of nitrogens with zero attached hydrogens (tertiary/aromatic N) is 3. The first-order valence-corrected chi connectivity index (χ1v) is 7.91. The van der Waals surface area contributed by atoms with E-state index >= 15 is 0 Å². The minimum absolute atomic E-state index is 0.0755. The lowest BCUT2D eigenvalue weighted by molar-refractivity contribution is -0.137. The van der Waals surface area contributed by atoms with Crippen LogP contribution in [0.3, 0.4) is 0 Å². The highest BCUT2D eigenvalue weighted by atomic mass is 32.1. The van der Waals surface area contributed by atoms with Crippen LogP contribution in [0.2, 0.25) is 0 Å². The second-order valence-electron chi connectivity index (χ2n) is 4.88. The molecule has 0 fully saturated rings. The van der Waals surface area contributed by atoms with Crippen molar-refractivity contribution in [1.29, 1.82) is 0 Å². The normalized spacial score (nSPS) is 11.5. The Kier molecular flexibility index (Phi) is 6.35. The Morgan fingerprint density at radius 1 is 1.08 bits per heavy atom. The summed E-state index contributed by atoms with van der Waals surface area (Å²) in [7, 11) is 0. The van der Waals surface area contributed by atoms with Crippen LogP contribution in [-0.4, -0.2) is 45.9 Å². The van der Waals surface area contributed by atoms with Gasteiger partial charge in [-0.05, 0) is 17.7 Å². The Morgan fingerprint density at radius 3 is 2.25 bits per heavy atom. The van der Waals surface area contributed by atoms with Crippen LogP contribution >= 0.6 is 11.5 Å². The highest BCUT2D eigenvalue weighted by Crippen LogP contribution is 2.29. The number of nitrogens with one attached hydrogen (secondary N) is 1. The number of hydrogen-bond donors (Lipinski definition) is 3. The molecule has 0 bridgehead atoms. The van der Waals surface area contributed by atoms with Gasteiger partial charge in [-0.2, -0.15) is 22.5 Å². The summed E-state index contributed by atoms with van der Waals surface area (Å²) in [4.78, 5) is 5.94. The topological polar surface area (TPSA) is 81.5 Å². The first-order chi connectivity index (χ1) is 11.4. The number of hydrogen-bond acceptors (Lipinski definition) is 7. The van der Waals surface area contributed by atoms with Gasteiger partial charge in [0.05, 0.1) is 18.8 Å². The maximum atomic E-state index is 12.5. The first kappa shape index (κ1) is 18.4. The minimum Gasteiger partial charge on any atom is -0.395 e. The number of halogens is 3. The van der Waals surface area contributed by atoms with E-state index in [4.69, 9.17) is 10.2 Å². The van der Waals surface area contributed by atoms with Crippen LogP contribution < -0.4 is 10.2 Å². The summed E-state index contributed by atoms with van der Waals surface area (Å²) < 4.78 is 41.6. The molecular weight excluding hydrogens is 345 g/mol. The fourth-order valence-electron chi connectivity index (χ4n) is 1.95. The van der Waals surface area contributed by atoms with Crippen molar-refractivity contribution in [3.05, 3.63) is 35.4 Å². The van der Waals surface area contributed by atoms with E-state index in [1.165, 1.54) is 12.1 Å². The Labute approximate surface area is 140 Å². The van der Waals surface area contributed by atoms with Gasteiger partial charge >= 0.3 is 6.18 Å². The molecule has 0 aliphatic heterocycles. The molecule has 3 N–H and O–H groups in total. The van der Waals surface area contributed by atoms with E-state index in [-0.39, 0.29) is 19.8 Å². The van der Waals surface area contributed by atoms with Crippen LogP contribution in [0.25, 0.3) is 0 Å². The molecule has 0 atom stereocenters.